The van der Waals surface area contributed by atoms with Gasteiger partial charge in [-0.1, -0.05) is 11.6 Å². The Morgan fingerprint density at radius 1 is 1.24 bits per heavy atom. The van der Waals surface area contributed by atoms with Gasteiger partial charge in [-0.2, -0.15) is 4.37 Å². The molecule has 0 aliphatic carbocycles. The number of benzene rings is 1. The Kier molecular flexibility index (Phi) is 3.32. The second-order valence-corrected chi connectivity index (χ2v) is 6.11. The standard InChI is InChI=1S/C9H7ClN2O3S2/c1-17(13,14)7-4-2-6(3-5-7)15-9-8(10)11-16-12-9/h2-5H,1H3. The molecule has 0 bridgehead atoms. The maximum absolute atomic E-state index is 11.2. The summed E-state index contributed by atoms with van der Waals surface area (Å²) in [4.78, 5) is 0.229. The molecule has 0 fully saturated rings. The summed E-state index contributed by atoms with van der Waals surface area (Å²) in [6.45, 7) is 0. The lowest BCUT2D eigenvalue weighted by Crippen LogP contribution is -1.96. The van der Waals surface area contributed by atoms with Gasteiger partial charge >= 0.3 is 0 Å². The SMILES string of the molecule is CS(=O)(=O)c1ccc(Oc2nsnc2Cl)cc1. The fourth-order valence-corrected chi connectivity index (χ4v) is 2.34. The second kappa shape index (κ2) is 4.59. The highest BCUT2D eigenvalue weighted by molar-refractivity contribution is 7.90. The minimum Gasteiger partial charge on any atom is -0.436 e. The van der Waals surface area contributed by atoms with Crippen molar-refractivity contribution in [3.63, 3.8) is 0 Å². The van der Waals surface area contributed by atoms with Crippen LogP contribution in [-0.4, -0.2) is 23.4 Å². The zero-order chi connectivity index (χ0) is 12.5. The highest BCUT2D eigenvalue weighted by Crippen LogP contribution is 2.27. The fourth-order valence-electron chi connectivity index (χ4n) is 1.10. The van der Waals surface area contributed by atoms with Crippen molar-refractivity contribution in [2.24, 2.45) is 0 Å². The predicted molar refractivity (Wildman–Crippen MR) is 64.5 cm³/mol. The van der Waals surface area contributed by atoms with Gasteiger partial charge in [0.1, 0.15) is 5.75 Å². The van der Waals surface area contributed by atoms with Crippen LogP contribution in [0.5, 0.6) is 11.6 Å². The molecule has 2 rings (SSSR count). The van der Waals surface area contributed by atoms with Crippen LogP contribution in [0.4, 0.5) is 0 Å². The molecule has 0 aliphatic rings. The molecular weight excluding hydrogens is 284 g/mol. The predicted octanol–water partition coefficient (Wildman–Crippen LogP) is 2.39. The van der Waals surface area contributed by atoms with Crippen LogP contribution >= 0.6 is 23.3 Å². The van der Waals surface area contributed by atoms with Crippen molar-refractivity contribution >= 4 is 33.2 Å². The summed E-state index contributed by atoms with van der Waals surface area (Å²) in [6.07, 6.45) is 1.14. The first-order valence-electron chi connectivity index (χ1n) is 4.43. The van der Waals surface area contributed by atoms with Crippen molar-refractivity contribution < 1.29 is 13.2 Å². The molecule has 1 heterocycles. The van der Waals surface area contributed by atoms with Gasteiger partial charge in [0.05, 0.1) is 16.6 Å². The van der Waals surface area contributed by atoms with E-state index in [1.807, 2.05) is 0 Å². The van der Waals surface area contributed by atoms with E-state index in [1.165, 1.54) is 24.3 Å². The number of sulfone groups is 1. The number of rotatable bonds is 3. The largest absolute Gasteiger partial charge is 0.436 e. The number of aromatic nitrogens is 2. The summed E-state index contributed by atoms with van der Waals surface area (Å²) in [5, 5.41) is 0.183. The highest BCUT2D eigenvalue weighted by atomic mass is 35.5. The number of hydrogen-bond donors (Lipinski definition) is 0. The van der Waals surface area contributed by atoms with Gasteiger partial charge in [-0.05, 0) is 24.3 Å². The average molecular weight is 291 g/mol. The van der Waals surface area contributed by atoms with Crippen molar-refractivity contribution in [1.29, 1.82) is 0 Å². The first-order chi connectivity index (χ1) is 7.97. The van der Waals surface area contributed by atoms with E-state index in [0.29, 0.717) is 5.75 Å². The van der Waals surface area contributed by atoms with Crippen LogP contribution in [-0.2, 0) is 9.84 Å². The van der Waals surface area contributed by atoms with Crippen molar-refractivity contribution in [2.45, 2.75) is 4.90 Å². The molecule has 0 saturated carbocycles. The summed E-state index contributed by atoms with van der Waals surface area (Å²) < 4.78 is 35.4. The molecule has 1 aromatic carbocycles. The molecule has 0 radical (unpaired) electrons. The molecule has 0 N–H and O–H groups in total. The van der Waals surface area contributed by atoms with Crippen LogP contribution in [0.25, 0.3) is 0 Å². The zero-order valence-electron chi connectivity index (χ0n) is 8.62. The minimum absolute atomic E-state index is 0.183. The molecule has 90 valence electrons. The fraction of sp³-hybridized carbons (Fsp3) is 0.111. The minimum atomic E-state index is -3.20. The van der Waals surface area contributed by atoms with Crippen LogP contribution in [0.2, 0.25) is 5.15 Å². The first kappa shape index (κ1) is 12.3. The lowest BCUT2D eigenvalue weighted by molar-refractivity contribution is 0.467. The zero-order valence-corrected chi connectivity index (χ0v) is 11.0. The highest BCUT2D eigenvalue weighted by Gasteiger charge is 2.10. The molecule has 0 unspecified atom stereocenters. The van der Waals surface area contributed by atoms with Crippen LogP contribution in [0, 0.1) is 0 Å². The Balaban J connectivity index is 2.23. The average Bonchev–Trinajstić information content (AvgIpc) is 2.64. The van der Waals surface area contributed by atoms with Crippen LogP contribution in [0.1, 0.15) is 0 Å². The Labute approximate surface area is 107 Å². The lowest BCUT2D eigenvalue weighted by atomic mass is 10.3. The molecular formula is C9H7ClN2O3S2. The lowest BCUT2D eigenvalue weighted by Gasteiger charge is -2.03. The van der Waals surface area contributed by atoms with Crippen molar-refractivity contribution in [3.8, 4) is 11.6 Å². The third-order valence-corrected chi connectivity index (χ3v) is 3.87. The molecule has 0 amide bonds. The summed E-state index contributed by atoms with van der Waals surface area (Å²) in [7, 11) is -3.20. The van der Waals surface area contributed by atoms with Gasteiger partial charge in [0.25, 0.3) is 5.88 Å². The molecule has 2 aromatic rings. The molecule has 8 heteroatoms. The Morgan fingerprint density at radius 2 is 1.88 bits per heavy atom. The Morgan fingerprint density at radius 3 is 2.35 bits per heavy atom. The van der Waals surface area contributed by atoms with Gasteiger partial charge in [0.15, 0.2) is 9.84 Å². The quantitative estimate of drug-likeness (QED) is 0.868. The van der Waals surface area contributed by atoms with Gasteiger partial charge in [0, 0.05) is 6.26 Å². The second-order valence-electron chi connectivity index (χ2n) is 3.21. The molecule has 1 aromatic heterocycles. The molecule has 0 spiro atoms. The van der Waals surface area contributed by atoms with E-state index in [1.54, 1.807) is 0 Å². The van der Waals surface area contributed by atoms with E-state index < -0.39 is 9.84 Å². The summed E-state index contributed by atoms with van der Waals surface area (Å²) in [5.41, 5.74) is 0. The van der Waals surface area contributed by atoms with E-state index in [-0.39, 0.29) is 15.9 Å². The molecule has 0 saturated heterocycles. The topological polar surface area (TPSA) is 69.2 Å². The number of ether oxygens (including phenoxy) is 1. The number of hydrogen-bond acceptors (Lipinski definition) is 6. The molecule has 17 heavy (non-hydrogen) atoms. The normalized spacial score (nSPS) is 11.4. The summed E-state index contributed by atoms with van der Waals surface area (Å²) in [6, 6.07) is 5.98. The van der Waals surface area contributed by atoms with E-state index in [4.69, 9.17) is 16.3 Å². The molecule has 5 nitrogen and oxygen atoms in total. The van der Waals surface area contributed by atoms with Gasteiger partial charge < -0.3 is 4.74 Å². The van der Waals surface area contributed by atoms with Gasteiger partial charge in [0.2, 0.25) is 5.15 Å². The third kappa shape index (κ3) is 2.93. The molecule has 0 aliphatic heterocycles. The monoisotopic (exact) mass is 290 g/mol. The smallest absolute Gasteiger partial charge is 0.270 e. The van der Waals surface area contributed by atoms with Gasteiger partial charge in [-0.3, -0.25) is 0 Å². The maximum Gasteiger partial charge on any atom is 0.270 e. The van der Waals surface area contributed by atoms with Crippen molar-refractivity contribution in [3.05, 3.63) is 29.4 Å². The van der Waals surface area contributed by atoms with Crippen molar-refractivity contribution in [1.82, 2.24) is 8.75 Å². The van der Waals surface area contributed by atoms with E-state index >= 15 is 0 Å². The Hall–Kier alpha value is -1.18. The van der Waals surface area contributed by atoms with Gasteiger partial charge in [-0.15, -0.1) is 4.37 Å². The van der Waals surface area contributed by atoms with Gasteiger partial charge in [-0.25, -0.2) is 8.42 Å². The summed E-state index contributed by atoms with van der Waals surface area (Å²) in [5.74, 6) is 0.663. The van der Waals surface area contributed by atoms with E-state index in [0.717, 1.165) is 18.0 Å². The summed E-state index contributed by atoms with van der Waals surface area (Å²) >= 11 is 6.65. The molecule has 0 atom stereocenters. The first-order valence-corrected chi connectivity index (χ1v) is 7.43. The van der Waals surface area contributed by atoms with Crippen LogP contribution in [0.15, 0.2) is 29.2 Å². The number of nitrogens with zero attached hydrogens (tertiary/aromatic N) is 2. The third-order valence-electron chi connectivity index (χ3n) is 1.89. The van der Waals surface area contributed by atoms with Crippen LogP contribution < -0.4 is 4.74 Å². The van der Waals surface area contributed by atoms with Crippen molar-refractivity contribution in [2.75, 3.05) is 6.26 Å². The van der Waals surface area contributed by atoms with Crippen LogP contribution in [0.3, 0.4) is 0 Å². The number of halogens is 1. The van der Waals surface area contributed by atoms with E-state index in [2.05, 4.69) is 8.75 Å². The maximum atomic E-state index is 11.2. The Bertz CT molecular complexity index is 622. The van der Waals surface area contributed by atoms with E-state index in [9.17, 15) is 8.42 Å².